The average molecular weight is 208 g/mol. The van der Waals surface area contributed by atoms with Gasteiger partial charge in [0, 0.05) is 31.8 Å². The molecule has 82 valence electrons. The molecular weight excluding hydrogens is 192 g/mol. The fourth-order valence-electron chi connectivity index (χ4n) is 1.24. The van der Waals surface area contributed by atoms with Crippen LogP contribution in [0.5, 0.6) is 0 Å². The van der Waals surface area contributed by atoms with Gasteiger partial charge in [0.25, 0.3) is 0 Å². The smallest absolute Gasteiger partial charge is 0.220 e. The van der Waals surface area contributed by atoms with Gasteiger partial charge in [0.05, 0.1) is 0 Å². The minimum Gasteiger partial charge on any atom is -0.367 e. The predicted octanol–water partition coefficient (Wildman–Crippen LogP) is 1.04. The lowest BCUT2D eigenvalue weighted by atomic mass is 10.2. The van der Waals surface area contributed by atoms with Crippen molar-refractivity contribution in [3.8, 4) is 0 Å². The number of nitrogens with one attached hydrogen (secondary N) is 2. The van der Waals surface area contributed by atoms with E-state index in [1.807, 2.05) is 18.5 Å². The first kappa shape index (κ1) is 11.5. The van der Waals surface area contributed by atoms with E-state index in [-0.39, 0.29) is 11.7 Å². The molecule has 0 atom stereocenters. The number of aromatic nitrogens is 1. The number of carbonyl (C=O) groups excluding carboxylic acids is 2. The highest BCUT2D eigenvalue weighted by Crippen LogP contribution is 1.96. The van der Waals surface area contributed by atoms with E-state index in [2.05, 4.69) is 10.3 Å². The summed E-state index contributed by atoms with van der Waals surface area (Å²) in [6, 6.07) is 1.97. The van der Waals surface area contributed by atoms with Gasteiger partial charge in [0.1, 0.15) is 5.78 Å². The normalized spacial score (nSPS) is 9.93. The summed E-state index contributed by atoms with van der Waals surface area (Å²) < 4.78 is 0. The molecule has 0 bridgehead atoms. The van der Waals surface area contributed by atoms with Crippen molar-refractivity contribution < 1.29 is 9.59 Å². The zero-order chi connectivity index (χ0) is 11.1. The second kappa shape index (κ2) is 6.01. The van der Waals surface area contributed by atoms with Gasteiger partial charge in [-0.1, -0.05) is 0 Å². The highest BCUT2D eigenvalue weighted by atomic mass is 16.2. The minimum absolute atomic E-state index is 0.0517. The number of amides is 1. The predicted molar refractivity (Wildman–Crippen MR) is 57.4 cm³/mol. The Morgan fingerprint density at radius 1 is 1.40 bits per heavy atom. The van der Waals surface area contributed by atoms with Crippen LogP contribution in [-0.2, 0) is 16.0 Å². The Labute approximate surface area is 89.1 Å². The summed E-state index contributed by atoms with van der Waals surface area (Å²) in [5, 5.41) is 2.77. The van der Waals surface area contributed by atoms with Gasteiger partial charge in [-0.3, -0.25) is 4.79 Å². The number of rotatable bonds is 6. The Kier molecular flexibility index (Phi) is 4.60. The van der Waals surface area contributed by atoms with Crippen LogP contribution in [0, 0.1) is 0 Å². The van der Waals surface area contributed by atoms with Gasteiger partial charge in [0.15, 0.2) is 0 Å². The number of carbonyl (C=O) groups is 2. The van der Waals surface area contributed by atoms with E-state index in [0.717, 1.165) is 6.42 Å². The summed E-state index contributed by atoms with van der Waals surface area (Å²) >= 11 is 0. The van der Waals surface area contributed by atoms with E-state index in [9.17, 15) is 9.59 Å². The van der Waals surface area contributed by atoms with Gasteiger partial charge in [-0.2, -0.15) is 0 Å². The topological polar surface area (TPSA) is 62.0 Å². The number of H-pyrrole nitrogens is 1. The molecule has 0 aliphatic heterocycles. The highest BCUT2D eigenvalue weighted by molar-refractivity contribution is 5.83. The summed E-state index contributed by atoms with van der Waals surface area (Å²) in [6.07, 6.45) is 5.20. The Morgan fingerprint density at radius 3 is 2.80 bits per heavy atom. The van der Waals surface area contributed by atoms with Crippen molar-refractivity contribution in [1.82, 2.24) is 10.3 Å². The van der Waals surface area contributed by atoms with Crippen LogP contribution in [0.25, 0.3) is 0 Å². The molecule has 0 aliphatic rings. The Balaban J connectivity index is 2.09. The van der Waals surface area contributed by atoms with E-state index in [1.165, 1.54) is 12.5 Å². The minimum atomic E-state index is -0.0549. The molecule has 1 aromatic rings. The van der Waals surface area contributed by atoms with Gasteiger partial charge >= 0.3 is 0 Å². The zero-order valence-electron chi connectivity index (χ0n) is 8.88. The standard InChI is InChI=1S/C11H16N2O2/c1-9(14)2-3-11(15)13-7-5-10-4-6-12-8-10/h4,6,8,12H,2-3,5,7H2,1H3,(H,13,15). The summed E-state index contributed by atoms with van der Waals surface area (Å²) in [4.78, 5) is 24.8. The highest BCUT2D eigenvalue weighted by Gasteiger charge is 2.02. The summed E-state index contributed by atoms with van der Waals surface area (Å²) in [7, 11) is 0. The molecule has 4 heteroatoms. The van der Waals surface area contributed by atoms with Gasteiger partial charge < -0.3 is 15.1 Å². The van der Waals surface area contributed by atoms with Gasteiger partial charge in [-0.05, 0) is 25.0 Å². The van der Waals surface area contributed by atoms with Crippen LogP contribution in [0.2, 0.25) is 0 Å². The molecule has 1 aromatic heterocycles. The second-order valence-corrected chi connectivity index (χ2v) is 3.52. The van der Waals surface area contributed by atoms with Gasteiger partial charge in [-0.15, -0.1) is 0 Å². The monoisotopic (exact) mass is 208 g/mol. The largest absolute Gasteiger partial charge is 0.367 e. The molecule has 0 saturated carbocycles. The average Bonchev–Trinajstić information content (AvgIpc) is 2.67. The maximum absolute atomic E-state index is 11.2. The van der Waals surface area contributed by atoms with E-state index < -0.39 is 0 Å². The third-order valence-electron chi connectivity index (χ3n) is 2.10. The first-order valence-corrected chi connectivity index (χ1v) is 5.06. The second-order valence-electron chi connectivity index (χ2n) is 3.52. The molecule has 15 heavy (non-hydrogen) atoms. The molecule has 1 amide bonds. The quantitative estimate of drug-likeness (QED) is 0.733. The number of hydrogen-bond acceptors (Lipinski definition) is 2. The third-order valence-corrected chi connectivity index (χ3v) is 2.10. The Hall–Kier alpha value is -1.58. The first-order chi connectivity index (χ1) is 7.18. The van der Waals surface area contributed by atoms with Crippen LogP contribution in [0.3, 0.4) is 0 Å². The van der Waals surface area contributed by atoms with Crippen molar-refractivity contribution >= 4 is 11.7 Å². The van der Waals surface area contributed by atoms with E-state index in [4.69, 9.17) is 0 Å². The fourth-order valence-corrected chi connectivity index (χ4v) is 1.24. The molecule has 0 spiro atoms. The van der Waals surface area contributed by atoms with E-state index in [0.29, 0.717) is 19.4 Å². The van der Waals surface area contributed by atoms with Crippen molar-refractivity contribution in [2.75, 3.05) is 6.54 Å². The fraction of sp³-hybridized carbons (Fsp3) is 0.455. The van der Waals surface area contributed by atoms with E-state index >= 15 is 0 Å². The summed E-state index contributed by atoms with van der Waals surface area (Å²) in [5.74, 6) is -0.00322. The third kappa shape index (κ3) is 5.00. The SMILES string of the molecule is CC(=O)CCC(=O)NCCc1cc[nH]c1. The van der Waals surface area contributed by atoms with Crippen molar-refractivity contribution in [2.45, 2.75) is 26.2 Å². The van der Waals surface area contributed by atoms with Crippen molar-refractivity contribution in [2.24, 2.45) is 0 Å². The molecule has 0 radical (unpaired) electrons. The molecule has 0 saturated heterocycles. The molecule has 0 fully saturated rings. The van der Waals surface area contributed by atoms with Crippen LogP contribution >= 0.6 is 0 Å². The van der Waals surface area contributed by atoms with Crippen LogP contribution in [0.1, 0.15) is 25.3 Å². The molecule has 2 N–H and O–H groups in total. The Bertz CT molecular complexity index is 317. The van der Waals surface area contributed by atoms with Crippen LogP contribution in [0.15, 0.2) is 18.5 Å². The summed E-state index contributed by atoms with van der Waals surface area (Å²) in [6.45, 7) is 2.11. The molecule has 1 rings (SSSR count). The molecule has 0 aromatic carbocycles. The van der Waals surface area contributed by atoms with Crippen molar-refractivity contribution in [1.29, 1.82) is 0 Å². The van der Waals surface area contributed by atoms with E-state index in [1.54, 1.807) is 0 Å². The van der Waals surface area contributed by atoms with Crippen LogP contribution in [0.4, 0.5) is 0 Å². The number of Topliss-reactive ketones (excluding diaryl/α,β-unsaturated/α-hetero) is 1. The Morgan fingerprint density at radius 2 is 2.20 bits per heavy atom. The number of hydrogen-bond donors (Lipinski definition) is 2. The van der Waals surface area contributed by atoms with Gasteiger partial charge in [0.2, 0.25) is 5.91 Å². The molecular formula is C11H16N2O2. The lowest BCUT2D eigenvalue weighted by Crippen LogP contribution is -2.25. The maximum Gasteiger partial charge on any atom is 0.220 e. The lowest BCUT2D eigenvalue weighted by Gasteiger charge is -2.02. The summed E-state index contributed by atoms with van der Waals surface area (Å²) in [5.41, 5.74) is 1.17. The zero-order valence-corrected chi connectivity index (χ0v) is 8.88. The molecule has 1 heterocycles. The molecule has 4 nitrogen and oxygen atoms in total. The van der Waals surface area contributed by atoms with Crippen LogP contribution < -0.4 is 5.32 Å². The van der Waals surface area contributed by atoms with Crippen LogP contribution in [-0.4, -0.2) is 23.2 Å². The molecule has 0 unspecified atom stereocenters. The lowest BCUT2D eigenvalue weighted by molar-refractivity contribution is -0.124. The first-order valence-electron chi connectivity index (χ1n) is 5.06. The molecule has 0 aliphatic carbocycles. The maximum atomic E-state index is 11.2. The van der Waals surface area contributed by atoms with Crippen molar-refractivity contribution in [3.63, 3.8) is 0 Å². The number of ketones is 1. The number of aromatic amines is 1. The van der Waals surface area contributed by atoms with Crippen molar-refractivity contribution in [3.05, 3.63) is 24.0 Å². The van der Waals surface area contributed by atoms with Gasteiger partial charge in [-0.25, -0.2) is 0 Å².